The Labute approximate surface area is 738 Å². The second-order valence-corrected chi connectivity index (χ2v) is 33.6. The van der Waals surface area contributed by atoms with Gasteiger partial charge >= 0.3 is 0 Å². The molecule has 9 N–H and O–H groups in total. The molecule has 0 fully saturated rings. The smallest absolute Gasteiger partial charge is 0.127 e. The van der Waals surface area contributed by atoms with E-state index in [-0.39, 0.29) is 116 Å². The van der Waals surface area contributed by atoms with Gasteiger partial charge in [-0.05, 0) is 289 Å². The first-order valence-electron chi connectivity index (χ1n) is 43.1. The van der Waals surface area contributed by atoms with Gasteiger partial charge in [-0.25, -0.2) is 1.37 Å². The maximum Gasteiger partial charge on any atom is 0.127 e. The molecule has 7 aromatic rings. The van der Waals surface area contributed by atoms with Gasteiger partial charge in [0.2, 0.25) is 0 Å². The molecule has 119 heavy (non-hydrogen) atoms. The summed E-state index contributed by atoms with van der Waals surface area (Å²) in [6, 6.07) is 30.1. The molecule has 649 valence electrons. The minimum Gasteiger partial charge on any atom is -0.508 e. The van der Waals surface area contributed by atoms with Gasteiger partial charge in [0.05, 0.1) is 19.0 Å². The van der Waals surface area contributed by atoms with Gasteiger partial charge in [0.15, 0.2) is 0 Å². The molecule has 0 amide bonds. The topological polar surface area (TPSA) is 191 Å². The van der Waals surface area contributed by atoms with Crippen molar-refractivity contribution in [3.05, 3.63) is 243 Å². The first kappa shape index (κ1) is 105. The summed E-state index contributed by atoms with van der Waals surface area (Å²) in [7, 11) is 4.78. The summed E-state index contributed by atoms with van der Waals surface area (Å²) in [6.07, 6.45) is 25.8. The van der Waals surface area contributed by atoms with E-state index in [0.717, 1.165) is 192 Å². The maximum absolute atomic E-state index is 10.7. The number of rotatable bonds is 21. The third kappa shape index (κ3) is 31.1. The van der Waals surface area contributed by atoms with Crippen LogP contribution in [0.3, 0.4) is 0 Å². The molecule has 3 aliphatic carbocycles. The predicted molar refractivity (Wildman–Crippen MR) is 512 cm³/mol. The zero-order valence-corrected chi connectivity index (χ0v) is 75.5. The third-order valence-electron chi connectivity index (χ3n) is 22.4. The van der Waals surface area contributed by atoms with Crippen LogP contribution in [0.5, 0.6) is 57.5 Å². The van der Waals surface area contributed by atoms with Crippen LogP contribution in [-0.4, -0.2) is 66.1 Å². The van der Waals surface area contributed by atoms with Crippen LogP contribution < -0.4 is 4.74 Å². The Balaban J connectivity index is 0.000000729. The van der Waals surface area contributed by atoms with Crippen LogP contribution in [0.15, 0.2) is 169 Å². The number of fused-ring (bicyclic) bond motifs is 3. The van der Waals surface area contributed by atoms with Crippen molar-refractivity contribution in [1.29, 1.82) is 0 Å². The van der Waals surface area contributed by atoms with E-state index in [1.165, 1.54) is 41.5 Å². The van der Waals surface area contributed by atoms with Crippen molar-refractivity contribution in [3.8, 4) is 79.7 Å². The van der Waals surface area contributed by atoms with E-state index in [1.54, 1.807) is 55.5 Å². The molecular formula is C106H153B2O10V-. The minimum absolute atomic E-state index is 0. The quantitative estimate of drug-likeness (QED) is 0.0145. The molecule has 0 bridgehead atoms. The van der Waals surface area contributed by atoms with Crippen LogP contribution >= 0.6 is 0 Å². The van der Waals surface area contributed by atoms with Crippen molar-refractivity contribution < 1.29 is 72.0 Å². The molecule has 0 spiro atoms. The van der Waals surface area contributed by atoms with Crippen LogP contribution in [0.4, 0.5) is 0 Å². The summed E-state index contributed by atoms with van der Waals surface area (Å²) in [5.74, 6) is 4.04. The molecule has 4 aliphatic rings. The minimum atomic E-state index is -0.417. The van der Waals surface area contributed by atoms with Crippen molar-refractivity contribution in [3.63, 3.8) is 0 Å². The van der Waals surface area contributed by atoms with Crippen molar-refractivity contribution in [2.75, 3.05) is 0 Å². The molecule has 7 atom stereocenters. The van der Waals surface area contributed by atoms with Crippen LogP contribution in [0.2, 0.25) is 19.9 Å². The van der Waals surface area contributed by atoms with Crippen molar-refractivity contribution >= 4 is 25.7 Å². The number of aromatic hydroxyl groups is 9. The normalized spacial score (nSPS) is 17.4. The molecule has 10 nitrogen and oxygen atoms in total. The number of ether oxygens (including phenoxy) is 1. The number of phenols is 9. The van der Waals surface area contributed by atoms with Crippen LogP contribution in [0.25, 0.3) is 33.4 Å². The fourth-order valence-corrected chi connectivity index (χ4v) is 16.2. The Hall–Kier alpha value is -8.57. The van der Waals surface area contributed by atoms with Crippen molar-refractivity contribution in [2.45, 2.75) is 306 Å². The van der Waals surface area contributed by atoms with Gasteiger partial charge in [0.1, 0.15) is 63.1 Å². The number of aryl methyl sites for hydroxylation is 7. The van der Waals surface area contributed by atoms with Gasteiger partial charge in [-0.2, -0.15) is 6.92 Å². The SMILES string of the molecule is C.C.C.C=C(C)C1CCC(C)=CC1c1c(O)cc(C)cc1O.C=C(C)C1CCC(C)=CC1c1c(O)cc(CCC)cc1O.C=C(C)c1ccc(C)cc1-c1c(O)cc(CCC)cc1O.C=C(C)c1ccc(C)cc1-c1c(O)cc(CCCCC)cc1O.CCCCCc1cc(O)c2c(c1)OC(C)(C)C1CC=C(C)CC21.[2H]C([B])C.[2H][C-](C)B(C)C.[V]. The summed E-state index contributed by atoms with van der Waals surface area (Å²) in [6.45, 7) is 57.2. The summed E-state index contributed by atoms with van der Waals surface area (Å²) in [4.78, 5) is 0. The molecule has 7 aromatic carbocycles. The summed E-state index contributed by atoms with van der Waals surface area (Å²) in [5.41, 5.74) is 21.9. The van der Waals surface area contributed by atoms with Gasteiger partial charge < -0.3 is 57.0 Å². The second kappa shape index (κ2) is 51.9. The van der Waals surface area contributed by atoms with E-state index in [9.17, 15) is 46.0 Å². The van der Waals surface area contributed by atoms with Gasteiger partial charge in [0, 0.05) is 60.3 Å². The zero-order chi connectivity index (χ0) is 87.6. The fraction of sp³-hybridized carbons (Fsp3) is 0.462. The average molecular weight is 1660 g/mol. The first-order chi connectivity index (χ1) is 55.0. The van der Waals surface area contributed by atoms with Crippen LogP contribution in [0.1, 0.15) is 303 Å². The fourth-order valence-electron chi connectivity index (χ4n) is 16.2. The second-order valence-electron chi connectivity index (χ2n) is 33.6. The third-order valence-corrected chi connectivity index (χ3v) is 22.4. The number of unbranched alkanes of at least 4 members (excludes halogenated alkanes) is 4. The number of phenolic OH excluding ortho intramolecular Hbond substituents is 9. The molecule has 3 radical (unpaired) electrons. The average Bonchev–Trinajstić information content (AvgIpc) is 0.741. The van der Waals surface area contributed by atoms with E-state index < -0.39 is 6.30 Å². The Morgan fingerprint density at radius 1 is 0.496 bits per heavy atom. The Bertz CT molecular complexity index is 4520. The van der Waals surface area contributed by atoms with Gasteiger partial charge in [0.25, 0.3) is 0 Å². The van der Waals surface area contributed by atoms with Crippen molar-refractivity contribution in [2.24, 2.45) is 17.8 Å². The standard InChI is InChI=1S/C21H30O2.C21H26O2.C19H26O2.C19H22O2.C17H22O2.C4H10B.C2H5B.3CH4.V/c1-5-6-7-8-15-12-18(22)20-16-11-14(2)9-10-17(16)21(3,4)23-19(20)13-15;1-5-6-7-8-16-12-19(22)21(20(23)13-16)18-11-15(4)9-10-17(18)14(2)3;2*1-5-6-14-10-17(20)19(18(21)11-14)16-9-13(4)7-8-15(16)12(2)3;1-10(2)13-6-5-11(3)7-14(13)17-15(18)8-12(4)9-16(17)19;1-4-5(2)3;1-2-3;;;;/h9,12-13,16-17,22H,5-8,10-11H2,1-4H3;9-13,22-23H,2,5-8H2,1,3-4H3;9-11,15-16,20-21H,2,5-8H2,1,3-4H3;7-11,20-21H,2,5-6H2,1,3-4H3;7-9,13-14,18-19H,1,5-6H2,2-4H3;4H,1-3H3;2H2,1H3;3*1H4;/q;;;;;-1;;;;;/i;;;;;4D;2D;;;;. The molecule has 1 heterocycles. The largest absolute Gasteiger partial charge is 0.508 e. The Kier molecular flexibility index (Phi) is 45.6. The Morgan fingerprint density at radius 3 is 1.17 bits per heavy atom. The van der Waals surface area contributed by atoms with E-state index >= 15 is 0 Å². The van der Waals surface area contributed by atoms with Gasteiger partial charge in [-0.3, -0.25) is 0 Å². The zero-order valence-electron chi connectivity index (χ0n) is 76.1. The number of hydrogen-bond donors (Lipinski definition) is 9. The van der Waals surface area contributed by atoms with E-state index in [2.05, 4.69) is 113 Å². The predicted octanol–water partition coefficient (Wildman–Crippen LogP) is 30.1. The van der Waals surface area contributed by atoms with E-state index in [0.29, 0.717) is 46.6 Å². The molecule has 0 aromatic heterocycles. The monoisotopic (exact) mass is 1660 g/mol. The van der Waals surface area contributed by atoms with Gasteiger partial charge in [-0.15, -0.1) is 13.6 Å². The Morgan fingerprint density at radius 2 is 0.832 bits per heavy atom. The first-order valence-corrected chi connectivity index (χ1v) is 42.0. The van der Waals surface area contributed by atoms with Gasteiger partial charge in [-0.1, -0.05) is 233 Å². The molecule has 0 saturated carbocycles. The summed E-state index contributed by atoms with van der Waals surface area (Å²) in [5, 5.41) is 93.6. The van der Waals surface area contributed by atoms with Crippen LogP contribution in [-0.2, 0) is 44.2 Å². The van der Waals surface area contributed by atoms with Crippen molar-refractivity contribution in [1.82, 2.24) is 0 Å². The number of hydrogen-bond acceptors (Lipinski definition) is 10. The molecule has 13 heteroatoms. The summed E-state index contributed by atoms with van der Waals surface area (Å²) >= 11 is 0. The van der Waals surface area contributed by atoms with Crippen LogP contribution in [0, 0.1) is 44.8 Å². The number of allylic oxidation sites excluding steroid dienone is 10. The molecular weight excluding hydrogens is 1510 g/mol. The molecule has 0 saturated heterocycles. The van der Waals surface area contributed by atoms with E-state index in [4.69, 9.17) is 15.3 Å². The number of benzene rings is 7. The molecule has 7 unspecified atom stereocenters. The molecule has 1 aliphatic heterocycles. The maximum atomic E-state index is 10.7. The van der Waals surface area contributed by atoms with E-state index in [1.807, 2.05) is 112 Å². The molecule has 11 rings (SSSR count). The summed E-state index contributed by atoms with van der Waals surface area (Å²) < 4.78 is 19.7.